The van der Waals surface area contributed by atoms with E-state index in [9.17, 15) is 4.79 Å². The van der Waals surface area contributed by atoms with Gasteiger partial charge in [0.2, 0.25) is 0 Å². The Labute approximate surface area is 145 Å². The van der Waals surface area contributed by atoms with E-state index in [4.69, 9.17) is 14.4 Å². The molecule has 0 fully saturated rings. The molecule has 3 aromatic rings. The predicted octanol–water partition coefficient (Wildman–Crippen LogP) is 4.22. The van der Waals surface area contributed by atoms with Crippen LogP contribution in [0.2, 0.25) is 0 Å². The molecular formula is C19H17N3O3. The number of amides is 2. The van der Waals surface area contributed by atoms with E-state index in [2.05, 4.69) is 10.6 Å². The Bertz CT molecular complexity index is 877. The van der Waals surface area contributed by atoms with Gasteiger partial charge in [-0.25, -0.2) is 4.79 Å². The number of urea groups is 1. The number of nitrogens with one attached hydrogen (secondary N) is 2. The van der Waals surface area contributed by atoms with E-state index in [1.807, 2.05) is 43.3 Å². The molecule has 0 radical (unpaired) electrons. The molecule has 3 rings (SSSR count). The molecule has 2 amide bonds. The Morgan fingerprint density at radius 3 is 2.72 bits per heavy atom. The number of furan rings is 1. The smallest absolute Gasteiger partial charge is 0.319 e. The molecule has 1 atom stereocenters. The molecule has 0 aliphatic carbocycles. The Morgan fingerprint density at radius 1 is 1.24 bits per heavy atom. The summed E-state index contributed by atoms with van der Waals surface area (Å²) in [5, 5.41) is 15.1. The van der Waals surface area contributed by atoms with Crippen molar-refractivity contribution in [1.82, 2.24) is 5.32 Å². The van der Waals surface area contributed by atoms with Gasteiger partial charge in [0, 0.05) is 11.1 Å². The first kappa shape index (κ1) is 16.4. The SMILES string of the molecule is CC(NC(=O)Nc1ccc(OCC#N)cc1)c1cc2ccccc2o1. The summed E-state index contributed by atoms with van der Waals surface area (Å²) in [6, 6.07) is 17.7. The van der Waals surface area contributed by atoms with Gasteiger partial charge in [-0.15, -0.1) is 0 Å². The van der Waals surface area contributed by atoms with Crippen LogP contribution >= 0.6 is 0 Å². The quantitative estimate of drug-likeness (QED) is 0.731. The largest absolute Gasteiger partial charge is 0.479 e. The minimum Gasteiger partial charge on any atom is -0.479 e. The molecule has 1 unspecified atom stereocenters. The van der Waals surface area contributed by atoms with Gasteiger partial charge < -0.3 is 19.8 Å². The van der Waals surface area contributed by atoms with Crippen LogP contribution in [-0.2, 0) is 0 Å². The summed E-state index contributed by atoms with van der Waals surface area (Å²) < 4.78 is 10.9. The fraction of sp³-hybridized carbons (Fsp3) is 0.158. The Morgan fingerprint density at radius 2 is 2.00 bits per heavy atom. The van der Waals surface area contributed by atoms with E-state index in [1.54, 1.807) is 24.3 Å². The van der Waals surface area contributed by atoms with Crippen molar-refractivity contribution in [2.24, 2.45) is 0 Å². The van der Waals surface area contributed by atoms with Crippen molar-refractivity contribution < 1.29 is 13.9 Å². The molecule has 0 saturated carbocycles. The summed E-state index contributed by atoms with van der Waals surface area (Å²) in [7, 11) is 0. The molecule has 0 aliphatic heterocycles. The lowest BCUT2D eigenvalue weighted by atomic mass is 10.2. The minimum absolute atomic E-state index is 0.0116. The third-order valence-corrected chi connectivity index (χ3v) is 3.63. The number of benzene rings is 2. The molecule has 1 aromatic heterocycles. The number of ether oxygens (including phenoxy) is 1. The van der Waals surface area contributed by atoms with Crippen molar-refractivity contribution in [3.05, 3.63) is 60.4 Å². The highest BCUT2D eigenvalue weighted by atomic mass is 16.5. The average Bonchev–Trinajstić information content (AvgIpc) is 3.05. The van der Waals surface area contributed by atoms with Gasteiger partial charge in [0.25, 0.3) is 0 Å². The Kier molecular flexibility index (Phi) is 4.86. The van der Waals surface area contributed by atoms with E-state index in [0.717, 1.165) is 11.0 Å². The number of para-hydroxylation sites is 1. The second-order valence-electron chi connectivity index (χ2n) is 5.48. The number of nitriles is 1. The topological polar surface area (TPSA) is 87.3 Å². The van der Waals surface area contributed by atoms with Crippen molar-refractivity contribution in [2.75, 3.05) is 11.9 Å². The van der Waals surface area contributed by atoms with E-state index in [0.29, 0.717) is 17.2 Å². The van der Waals surface area contributed by atoms with Crippen molar-refractivity contribution in [2.45, 2.75) is 13.0 Å². The van der Waals surface area contributed by atoms with Gasteiger partial charge in [-0.2, -0.15) is 5.26 Å². The van der Waals surface area contributed by atoms with Crippen LogP contribution in [0.4, 0.5) is 10.5 Å². The second kappa shape index (κ2) is 7.41. The van der Waals surface area contributed by atoms with Crippen molar-refractivity contribution >= 4 is 22.7 Å². The van der Waals surface area contributed by atoms with Crippen LogP contribution in [0.1, 0.15) is 18.7 Å². The highest BCUT2D eigenvalue weighted by molar-refractivity contribution is 5.89. The van der Waals surface area contributed by atoms with Gasteiger partial charge in [0.05, 0.1) is 6.04 Å². The first-order valence-corrected chi connectivity index (χ1v) is 7.81. The molecule has 2 aromatic carbocycles. The zero-order chi connectivity index (χ0) is 17.6. The second-order valence-corrected chi connectivity index (χ2v) is 5.48. The van der Waals surface area contributed by atoms with E-state index >= 15 is 0 Å². The van der Waals surface area contributed by atoms with Crippen LogP contribution in [0.5, 0.6) is 5.75 Å². The summed E-state index contributed by atoms with van der Waals surface area (Å²) in [4.78, 5) is 12.1. The predicted molar refractivity (Wildman–Crippen MR) is 94.3 cm³/mol. The highest BCUT2D eigenvalue weighted by Gasteiger charge is 2.14. The molecule has 2 N–H and O–H groups in total. The van der Waals surface area contributed by atoms with Crippen molar-refractivity contribution in [1.29, 1.82) is 5.26 Å². The molecule has 0 saturated heterocycles. The van der Waals surface area contributed by atoms with Gasteiger partial charge in [-0.1, -0.05) is 18.2 Å². The van der Waals surface area contributed by atoms with Crippen LogP contribution in [0, 0.1) is 11.3 Å². The number of carbonyl (C=O) groups excluding carboxylic acids is 1. The molecule has 0 aliphatic rings. The fourth-order valence-electron chi connectivity index (χ4n) is 2.40. The number of hydrogen-bond donors (Lipinski definition) is 2. The monoisotopic (exact) mass is 335 g/mol. The lowest BCUT2D eigenvalue weighted by Crippen LogP contribution is -2.30. The van der Waals surface area contributed by atoms with E-state index < -0.39 is 0 Å². The van der Waals surface area contributed by atoms with Gasteiger partial charge in [0.15, 0.2) is 6.61 Å². The van der Waals surface area contributed by atoms with E-state index in [1.165, 1.54) is 0 Å². The van der Waals surface area contributed by atoms with Crippen LogP contribution in [-0.4, -0.2) is 12.6 Å². The lowest BCUT2D eigenvalue weighted by molar-refractivity contribution is 0.248. The summed E-state index contributed by atoms with van der Waals surface area (Å²) in [6.45, 7) is 1.85. The summed E-state index contributed by atoms with van der Waals surface area (Å²) in [5.41, 5.74) is 1.41. The maximum Gasteiger partial charge on any atom is 0.319 e. The summed E-state index contributed by atoms with van der Waals surface area (Å²) in [5.74, 6) is 1.26. The standard InChI is InChI=1S/C19H17N3O3/c1-13(18-12-14-4-2-3-5-17(14)25-18)21-19(23)22-15-6-8-16(9-7-15)24-11-10-20/h2-9,12-13H,11H2,1H3,(H2,21,22,23). The number of fused-ring (bicyclic) bond motifs is 1. The Balaban J connectivity index is 1.59. The van der Waals surface area contributed by atoms with Gasteiger partial charge in [0.1, 0.15) is 23.2 Å². The molecule has 0 spiro atoms. The molecule has 126 valence electrons. The third-order valence-electron chi connectivity index (χ3n) is 3.63. The number of nitrogens with zero attached hydrogens (tertiary/aromatic N) is 1. The summed E-state index contributed by atoms with van der Waals surface area (Å²) >= 11 is 0. The minimum atomic E-state index is -0.335. The zero-order valence-electron chi connectivity index (χ0n) is 13.7. The number of carbonyl (C=O) groups is 1. The molecule has 25 heavy (non-hydrogen) atoms. The Hall–Kier alpha value is -3.46. The van der Waals surface area contributed by atoms with Crippen LogP contribution in [0.25, 0.3) is 11.0 Å². The van der Waals surface area contributed by atoms with Crippen LogP contribution in [0.3, 0.4) is 0 Å². The first-order chi connectivity index (χ1) is 12.2. The molecule has 0 bridgehead atoms. The highest BCUT2D eigenvalue weighted by Crippen LogP contribution is 2.23. The summed E-state index contributed by atoms with van der Waals surface area (Å²) in [6.07, 6.45) is 0. The molecule has 6 heteroatoms. The lowest BCUT2D eigenvalue weighted by Gasteiger charge is -2.12. The maximum atomic E-state index is 12.1. The van der Waals surface area contributed by atoms with Crippen LogP contribution < -0.4 is 15.4 Å². The van der Waals surface area contributed by atoms with Gasteiger partial charge in [-0.3, -0.25) is 0 Å². The maximum absolute atomic E-state index is 12.1. The normalized spacial score (nSPS) is 11.5. The molecular weight excluding hydrogens is 318 g/mol. The van der Waals surface area contributed by atoms with Crippen molar-refractivity contribution in [3.8, 4) is 11.8 Å². The van der Waals surface area contributed by atoms with E-state index in [-0.39, 0.29) is 18.7 Å². The molecule has 1 heterocycles. The number of anilines is 1. The molecule has 6 nitrogen and oxygen atoms in total. The van der Waals surface area contributed by atoms with Crippen LogP contribution in [0.15, 0.2) is 59.0 Å². The zero-order valence-corrected chi connectivity index (χ0v) is 13.7. The number of hydrogen-bond acceptors (Lipinski definition) is 4. The third kappa shape index (κ3) is 4.09. The van der Waals surface area contributed by atoms with Gasteiger partial charge in [-0.05, 0) is 43.3 Å². The fourth-order valence-corrected chi connectivity index (χ4v) is 2.40. The average molecular weight is 335 g/mol. The number of rotatable bonds is 5. The van der Waals surface area contributed by atoms with Crippen molar-refractivity contribution in [3.63, 3.8) is 0 Å². The van der Waals surface area contributed by atoms with Gasteiger partial charge >= 0.3 is 6.03 Å². The first-order valence-electron chi connectivity index (χ1n) is 7.81.